The smallest absolute Gasteiger partial charge is 0.127 e. The van der Waals surface area contributed by atoms with E-state index in [4.69, 9.17) is 15.2 Å². The summed E-state index contributed by atoms with van der Waals surface area (Å²) in [5, 5.41) is 10.4. The summed E-state index contributed by atoms with van der Waals surface area (Å²) in [4.78, 5) is 0. The van der Waals surface area contributed by atoms with Gasteiger partial charge in [0.15, 0.2) is 0 Å². The maximum absolute atomic E-state index is 10.4. The van der Waals surface area contributed by atoms with E-state index in [2.05, 4.69) is 0 Å². The average molecular weight is 287 g/mol. The second-order valence-corrected chi connectivity index (χ2v) is 4.86. The van der Waals surface area contributed by atoms with Gasteiger partial charge in [0.1, 0.15) is 11.5 Å². The van der Waals surface area contributed by atoms with E-state index in [1.807, 2.05) is 48.5 Å². The van der Waals surface area contributed by atoms with E-state index in [1.54, 1.807) is 14.2 Å². The SMILES string of the molecule is COc1cccc(OC)c1[C@H](N)[C@H](O)Cc1ccccc1. The zero-order valence-electron chi connectivity index (χ0n) is 12.3. The van der Waals surface area contributed by atoms with Crippen molar-refractivity contribution in [3.05, 3.63) is 59.7 Å². The second kappa shape index (κ2) is 7.11. The fraction of sp³-hybridized carbons (Fsp3) is 0.294. The average Bonchev–Trinajstić information content (AvgIpc) is 2.54. The zero-order valence-corrected chi connectivity index (χ0v) is 12.3. The number of rotatable bonds is 6. The van der Waals surface area contributed by atoms with Crippen molar-refractivity contribution in [3.63, 3.8) is 0 Å². The summed E-state index contributed by atoms with van der Waals surface area (Å²) in [5.41, 5.74) is 7.95. The molecule has 0 amide bonds. The zero-order chi connectivity index (χ0) is 15.2. The first-order chi connectivity index (χ1) is 10.2. The van der Waals surface area contributed by atoms with Crippen molar-refractivity contribution < 1.29 is 14.6 Å². The molecule has 0 bridgehead atoms. The molecule has 0 unspecified atom stereocenters. The Morgan fingerprint density at radius 2 is 1.52 bits per heavy atom. The number of hydrogen-bond acceptors (Lipinski definition) is 4. The summed E-state index contributed by atoms with van der Waals surface area (Å²) >= 11 is 0. The lowest BCUT2D eigenvalue weighted by molar-refractivity contribution is 0.142. The van der Waals surface area contributed by atoms with Gasteiger partial charge in [-0.1, -0.05) is 36.4 Å². The van der Waals surface area contributed by atoms with E-state index in [0.717, 1.165) is 5.56 Å². The van der Waals surface area contributed by atoms with Crippen LogP contribution in [0.5, 0.6) is 11.5 Å². The lowest BCUT2D eigenvalue weighted by atomic mass is 9.95. The number of aliphatic hydroxyl groups excluding tert-OH is 1. The highest BCUT2D eigenvalue weighted by Crippen LogP contribution is 2.34. The van der Waals surface area contributed by atoms with Crippen molar-refractivity contribution in [2.75, 3.05) is 14.2 Å². The number of ether oxygens (including phenoxy) is 2. The Kier molecular flexibility index (Phi) is 5.20. The first kappa shape index (κ1) is 15.4. The minimum Gasteiger partial charge on any atom is -0.496 e. The van der Waals surface area contributed by atoms with Gasteiger partial charge in [-0.3, -0.25) is 0 Å². The molecular formula is C17H21NO3. The summed E-state index contributed by atoms with van der Waals surface area (Å²) < 4.78 is 10.7. The van der Waals surface area contributed by atoms with Gasteiger partial charge in [0, 0.05) is 6.42 Å². The molecule has 4 heteroatoms. The molecule has 0 aromatic heterocycles. The summed E-state index contributed by atoms with van der Waals surface area (Å²) in [7, 11) is 3.16. The summed E-state index contributed by atoms with van der Waals surface area (Å²) in [6.07, 6.45) is -0.249. The van der Waals surface area contributed by atoms with Crippen molar-refractivity contribution >= 4 is 0 Å². The van der Waals surface area contributed by atoms with Gasteiger partial charge in [-0.25, -0.2) is 0 Å². The summed E-state index contributed by atoms with van der Waals surface area (Å²) in [6.45, 7) is 0. The molecule has 0 heterocycles. The van der Waals surface area contributed by atoms with Crippen molar-refractivity contribution in [2.45, 2.75) is 18.6 Å². The normalized spacial score (nSPS) is 13.5. The fourth-order valence-electron chi connectivity index (χ4n) is 2.38. The molecule has 3 N–H and O–H groups in total. The highest BCUT2D eigenvalue weighted by Gasteiger charge is 2.24. The first-order valence-corrected chi connectivity index (χ1v) is 6.85. The Morgan fingerprint density at radius 1 is 0.952 bits per heavy atom. The van der Waals surface area contributed by atoms with Crippen LogP contribution in [0.3, 0.4) is 0 Å². The van der Waals surface area contributed by atoms with Crippen LogP contribution in [-0.2, 0) is 6.42 Å². The molecule has 2 rings (SSSR count). The molecule has 0 aliphatic heterocycles. The molecule has 4 nitrogen and oxygen atoms in total. The quantitative estimate of drug-likeness (QED) is 0.855. The van der Waals surface area contributed by atoms with E-state index in [-0.39, 0.29) is 0 Å². The predicted molar refractivity (Wildman–Crippen MR) is 82.6 cm³/mol. The molecule has 0 aliphatic carbocycles. The number of methoxy groups -OCH3 is 2. The van der Waals surface area contributed by atoms with Crippen LogP contribution in [0.1, 0.15) is 17.2 Å². The fourth-order valence-corrected chi connectivity index (χ4v) is 2.38. The maximum atomic E-state index is 10.4. The van der Waals surface area contributed by atoms with Crippen molar-refractivity contribution in [3.8, 4) is 11.5 Å². The lowest BCUT2D eigenvalue weighted by Gasteiger charge is -2.23. The van der Waals surface area contributed by atoms with Crippen molar-refractivity contribution in [1.82, 2.24) is 0 Å². The van der Waals surface area contributed by atoms with Crippen LogP contribution >= 0.6 is 0 Å². The Hall–Kier alpha value is -2.04. The second-order valence-electron chi connectivity index (χ2n) is 4.86. The maximum Gasteiger partial charge on any atom is 0.127 e. The minimum atomic E-state index is -0.724. The molecule has 21 heavy (non-hydrogen) atoms. The van der Waals surface area contributed by atoms with Crippen molar-refractivity contribution in [1.29, 1.82) is 0 Å². The Bertz CT molecular complexity index is 549. The molecule has 2 aromatic carbocycles. The Morgan fingerprint density at radius 3 is 2.05 bits per heavy atom. The predicted octanol–water partition coefficient (Wildman–Crippen LogP) is 2.31. The van der Waals surface area contributed by atoms with Gasteiger partial charge in [-0.05, 0) is 17.7 Å². The lowest BCUT2D eigenvalue weighted by Crippen LogP contribution is -2.29. The number of aliphatic hydroxyl groups is 1. The first-order valence-electron chi connectivity index (χ1n) is 6.85. The van der Waals surface area contributed by atoms with Gasteiger partial charge in [0.05, 0.1) is 31.9 Å². The molecule has 0 saturated heterocycles. The van der Waals surface area contributed by atoms with Crippen LogP contribution in [0.4, 0.5) is 0 Å². The van der Waals surface area contributed by atoms with E-state index in [0.29, 0.717) is 23.5 Å². The van der Waals surface area contributed by atoms with Gasteiger partial charge >= 0.3 is 0 Å². The Balaban J connectivity index is 2.24. The van der Waals surface area contributed by atoms with Crippen LogP contribution in [0.25, 0.3) is 0 Å². The summed E-state index contributed by atoms with van der Waals surface area (Å²) in [5.74, 6) is 1.24. The van der Waals surface area contributed by atoms with Gasteiger partial charge in [-0.15, -0.1) is 0 Å². The molecule has 0 saturated carbocycles. The van der Waals surface area contributed by atoms with E-state index in [1.165, 1.54) is 0 Å². The largest absolute Gasteiger partial charge is 0.496 e. The third-order valence-corrected chi connectivity index (χ3v) is 3.50. The molecule has 2 aromatic rings. The third-order valence-electron chi connectivity index (χ3n) is 3.50. The van der Waals surface area contributed by atoms with Gasteiger partial charge < -0.3 is 20.3 Å². The summed E-state index contributed by atoms with van der Waals surface area (Å²) in [6, 6.07) is 14.6. The van der Waals surface area contributed by atoms with Crippen molar-refractivity contribution in [2.24, 2.45) is 5.73 Å². The molecule has 112 valence electrons. The van der Waals surface area contributed by atoms with E-state index >= 15 is 0 Å². The number of benzene rings is 2. The number of hydrogen-bond donors (Lipinski definition) is 2. The number of nitrogens with two attached hydrogens (primary N) is 1. The van der Waals surface area contributed by atoms with Gasteiger partial charge in [0.25, 0.3) is 0 Å². The molecule has 2 atom stereocenters. The van der Waals surface area contributed by atoms with Crippen LogP contribution < -0.4 is 15.2 Å². The third kappa shape index (κ3) is 3.54. The monoisotopic (exact) mass is 287 g/mol. The minimum absolute atomic E-state index is 0.475. The van der Waals surface area contributed by atoms with Gasteiger partial charge in [0.2, 0.25) is 0 Å². The standard InChI is InChI=1S/C17H21NO3/c1-20-14-9-6-10-15(21-2)16(14)17(18)13(19)11-12-7-4-3-5-8-12/h3-10,13,17,19H,11,18H2,1-2H3/t13-,17-/m1/s1. The van der Waals surface area contributed by atoms with Gasteiger partial charge in [-0.2, -0.15) is 0 Å². The van der Waals surface area contributed by atoms with Crippen LogP contribution in [0.15, 0.2) is 48.5 Å². The molecule has 0 fully saturated rings. The van der Waals surface area contributed by atoms with Crippen LogP contribution in [-0.4, -0.2) is 25.4 Å². The molecular weight excluding hydrogens is 266 g/mol. The van der Waals surface area contributed by atoms with Crippen LogP contribution in [0.2, 0.25) is 0 Å². The van der Waals surface area contributed by atoms with E-state index < -0.39 is 12.1 Å². The van der Waals surface area contributed by atoms with E-state index in [9.17, 15) is 5.11 Å². The highest BCUT2D eigenvalue weighted by molar-refractivity contribution is 5.47. The Labute approximate surface area is 125 Å². The topological polar surface area (TPSA) is 64.7 Å². The highest BCUT2D eigenvalue weighted by atomic mass is 16.5. The molecule has 0 radical (unpaired) electrons. The molecule has 0 aliphatic rings. The van der Waals surface area contributed by atoms with Crippen LogP contribution in [0, 0.1) is 0 Å². The molecule has 0 spiro atoms.